The molecule has 0 aliphatic carbocycles. The Hall–Kier alpha value is -3.84. The normalized spacial score (nSPS) is 17.4. The summed E-state index contributed by atoms with van der Waals surface area (Å²) in [4.78, 5) is 48.9. The first-order valence-electron chi connectivity index (χ1n) is 12.1. The summed E-state index contributed by atoms with van der Waals surface area (Å²) in [6, 6.07) is 21.0. The third-order valence-corrected chi connectivity index (χ3v) is 6.44. The highest BCUT2D eigenvalue weighted by Crippen LogP contribution is 2.26. The lowest BCUT2D eigenvalue weighted by Crippen LogP contribution is -2.45. The maximum Gasteiger partial charge on any atom is 0.303 e. The fourth-order valence-electron chi connectivity index (χ4n) is 4.33. The highest BCUT2D eigenvalue weighted by molar-refractivity contribution is 5.99. The molecule has 0 saturated carbocycles. The number of epoxide rings is 1. The molecule has 2 N–H and O–H groups in total. The van der Waals surface area contributed by atoms with Crippen LogP contribution >= 0.6 is 0 Å². The average Bonchev–Trinajstić information content (AvgIpc) is 3.68. The van der Waals surface area contributed by atoms with Crippen LogP contribution in [-0.4, -0.2) is 46.8 Å². The van der Waals surface area contributed by atoms with E-state index in [0.29, 0.717) is 12.8 Å². The number of carboxylic acid groups (broad SMARTS) is 1. The standard InChI is InChI=1S/C29H29NO6/c1-18-9-11-19(12-10-18)17-23(30-29(35)28-27(36-28)25(32)15-16-26(33)34)24(31)14-13-21-7-4-6-20-5-2-3-8-22(20)21/h2-12,23,27-28H,13-17H2,1H3,(H,30,35)(H,33,34)/t23-,27-,28?/m0/s1. The number of Topliss-reactive ketones (excluding diaryl/α,β-unsaturated/α-hetero) is 2. The largest absolute Gasteiger partial charge is 0.481 e. The van der Waals surface area contributed by atoms with Crippen molar-refractivity contribution in [2.24, 2.45) is 0 Å². The van der Waals surface area contributed by atoms with Crippen LogP contribution in [0.3, 0.4) is 0 Å². The Labute approximate surface area is 209 Å². The maximum atomic E-state index is 13.3. The van der Waals surface area contributed by atoms with E-state index in [0.717, 1.165) is 27.5 Å². The Kier molecular flexibility index (Phi) is 7.90. The Bertz CT molecular complexity index is 1280. The van der Waals surface area contributed by atoms with Crippen molar-refractivity contribution in [3.8, 4) is 0 Å². The van der Waals surface area contributed by atoms with E-state index in [1.165, 1.54) is 0 Å². The van der Waals surface area contributed by atoms with Crippen LogP contribution in [0.5, 0.6) is 0 Å². The van der Waals surface area contributed by atoms with E-state index in [9.17, 15) is 19.2 Å². The number of nitrogens with one attached hydrogen (secondary N) is 1. The molecule has 0 aromatic heterocycles. The third-order valence-electron chi connectivity index (χ3n) is 6.44. The molecule has 1 aliphatic rings. The van der Waals surface area contributed by atoms with Gasteiger partial charge < -0.3 is 15.2 Å². The molecule has 1 fully saturated rings. The molecule has 1 saturated heterocycles. The van der Waals surface area contributed by atoms with Gasteiger partial charge in [0.05, 0.1) is 12.5 Å². The zero-order valence-electron chi connectivity index (χ0n) is 20.1. The van der Waals surface area contributed by atoms with Crippen molar-refractivity contribution in [2.45, 2.75) is 57.3 Å². The van der Waals surface area contributed by atoms with Gasteiger partial charge in [0.2, 0.25) is 0 Å². The lowest BCUT2D eigenvalue weighted by molar-refractivity contribution is -0.138. The van der Waals surface area contributed by atoms with Crippen molar-refractivity contribution in [3.63, 3.8) is 0 Å². The number of aliphatic carboxylic acids is 1. The summed E-state index contributed by atoms with van der Waals surface area (Å²) in [5, 5.41) is 13.7. The summed E-state index contributed by atoms with van der Waals surface area (Å²) in [5.41, 5.74) is 3.07. The molecule has 3 atom stereocenters. The number of ether oxygens (including phenoxy) is 1. The number of amides is 1. The summed E-state index contributed by atoms with van der Waals surface area (Å²) in [6.45, 7) is 1.98. The van der Waals surface area contributed by atoms with Crippen LogP contribution in [0, 0.1) is 6.92 Å². The molecule has 4 rings (SSSR count). The summed E-state index contributed by atoms with van der Waals surface area (Å²) in [7, 11) is 0. The number of hydrogen-bond donors (Lipinski definition) is 2. The lowest BCUT2D eigenvalue weighted by Gasteiger charge is -2.18. The third kappa shape index (κ3) is 6.43. The summed E-state index contributed by atoms with van der Waals surface area (Å²) < 4.78 is 5.23. The molecule has 1 unspecified atom stereocenters. The Morgan fingerprint density at radius 2 is 1.61 bits per heavy atom. The first-order chi connectivity index (χ1) is 17.3. The second-order valence-corrected chi connectivity index (χ2v) is 9.19. The minimum absolute atomic E-state index is 0.105. The van der Waals surface area contributed by atoms with E-state index < -0.39 is 35.9 Å². The van der Waals surface area contributed by atoms with Gasteiger partial charge in [-0.1, -0.05) is 72.3 Å². The molecular weight excluding hydrogens is 458 g/mol. The van der Waals surface area contributed by atoms with Gasteiger partial charge in [0, 0.05) is 12.8 Å². The van der Waals surface area contributed by atoms with Gasteiger partial charge in [-0.25, -0.2) is 0 Å². The van der Waals surface area contributed by atoms with Crippen molar-refractivity contribution in [1.82, 2.24) is 5.32 Å². The van der Waals surface area contributed by atoms with Gasteiger partial charge in [-0.3, -0.25) is 19.2 Å². The van der Waals surface area contributed by atoms with Crippen molar-refractivity contribution in [2.75, 3.05) is 0 Å². The van der Waals surface area contributed by atoms with Gasteiger partial charge in [0.15, 0.2) is 23.8 Å². The highest BCUT2D eigenvalue weighted by atomic mass is 16.6. The molecule has 0 bridgehead atoms. The van der Waals surface area contributed by atoms with E-state index >= 15 is 0 Å². The summed E-state index contributed by atoms with van der Waals surface area (Å²) >= 11 is 0. The SMILES string of the molecule is Cc1ccc(C[C@H](NC(=O)C2O[C@H]2C(=O)CCC(=O)O)C(=O)CCc2cccc3ccccc23)cc1. The quantitative estimate of drug-likeness (QED) is 0.378. The van der Waals surface area contributed by atoms with Gasteiger partial charge in [0.1, 0.15) is 0 Å². The van der Waals surface area contributed by atoms with Crippen molar-refractivity contribution in [1.29, 1.82) is 0 Å². The highest BCUT2D eigenvalue weighted by Gasteiger charge is 2.50. The Balaban J connectivity index is 1.43. The molecule has 7 nitrogen and oxygen atoms in total. The molecule has 1 aliphatic heterocycles. The van der Waals surface area contributed by atoms with Gasteiger partial charge in [0.25, 0.3) is 5.91 Å². The molecule has 0 radical (unpaired) electrons. The van der Waals surface area contributed by atoms with Crippen LogP contribution in [0.2, 0.25) is 0 Å². The lowest BCUT2D eigenvalue weighted by atomic mass is 9.95. The molecule has 1 heterocycles. The average molecular weight is 488 g/mol. The predicted molar refractivity (Wildman–Crippen MR) is 135 cm³/mol. The second kappa shape index (κ2) is 11.3. The smallest absolute Gasteiger partial charge is 0.303 e. The fourth-order valence-corrected chi connectivity index (χ4v) is 4.33. The Morgan fingerprint density at radius 3 is 2.36 bits per heavy atom. The molecule has 186 valence electrons. The second-order valence-electron chi connectivity index (χ2n) is 9.19. The van der Waals surface area contributed by atoms with Crippen LogP contribution in [0.15, 0.2) is 66.7 Å². The molecular formula is C29H29NO6. The minimum Gasteiger partial charge on any atom is -0.481 e. The van der Waals surface area contributed by atoms with Crippen molar-refractivity contribution in [3.05, 3.63) is 83.4 Å². The topological polar surface area (TPSA) is 113 Å². The van der Waals surface area contributed by atoms with Crippen LogP contribution in [0.4, 0.5) is 0 Å². The zero-order chi connectivity index (χ0) is 25.7. The Morgan fingerprint density at radius 1 is 0.889 bits per heavy atom. The number of rotatable bonds is 12. The minimum atomic E-state index is -1.08. The fraction of sp³-hybridized carbons (Fsp3) is 0.310. The van der Waals surface area contributed by atoms with Gasteiger partial charge >= 0.3 is 5.97 Å². The predicted octanol–water partition coefficient (Wildman–Crippen LogP) is 3.58. The van der Waals surface area contributed by atoms with Gasteiger partial charge in [-0.15, -0.1) is 0 Å². The molecule has 0 spiro atoms. The van der Waals surface area contributed by atoms with E-state index in [1.807, 2.05) is 73.7 Å². The molecule has 7 heteroatoms. The number of ketones is 2. The molecule has 1 amide bonds. The monoisotopic (exact) mass is 487 g/mol. The molecule has 3 aromatic rings. The van der Waals surface area contributed by atoms with Crippen LogP contribution < -0.4 is 5.32 Å². The van der Waals surface area contributed by atoms with Crippen LogP contribution in [0.1, 0.15) is 36.0 Å². The number of carbonyl (C=O) groups excluding carboxylic acids is 3. The van der Waals surface area contributed by atoms with E-state index in [2.05, 4.69) is 5.32 Å². The number of benzene rings is 3. The summed E-state index contributed by atoms with van der Waals surface area (Å²) in [5.74, 6) is -2.14. The number of carboxylic acids is 1. The van der Waals surface area contributed by atoms with Crippen LogP contribution in [-0.2, 0) is 36.8 Å². The zero-order valence-corrected chi connectivity index (χ0v) is 20.1. The summed E-state index contributed by atoms with van der Waals surface area (Å²) in [6.07, 6.45) is -1.33. The van der Waals surface area contributed by atoms with Gasteiger partial charge in [-0.05, 0) is 41.7 Å². The maximum absolute atomic E-state index is 13.3. The van der Waals surface area contributed by atoms with Crippen LogP contribution in [0.25, 0.3) is 10.8 Å². The molecule has 36 heavy (non-hydrogen) atoms. The number of aryl methyl sites for hydroxylation is 2. The van der Waals surface area contributed by atoms with Crippen molar-refractivity contribution < 1.29 is 29.0 Å². The first kappa shape index (κ1) is 25.3. The van der Waals surface area contributed by atoms with E-state index in [4.69, 9.17) is 9.84 Å². The van der Waals surface area contributed by atoms with E-state index in [1.54, 1.807) is 0 Å². The first-order valence-corrected chi connectivity index (χ1v) is 12.1. The van der Waals surface area contributed by atoms with Crippen molar-refractivity contribution >= 4 is 34.2 Å². The van der Waals surface area contributed by atoms with E-state index in [-0.39, 0.29) is 25.0 Å². The number of fused-ring (bicyclic) bond motifs is 1. The van der Waals surface area contributed by atoms with Gasteiger partial charge in [-0.2, -0.15) is 0 Å². The molecule has 3 aromatic carbocycles. The number of hydrogen-bond acceptors (Lipinski definition) is 5. The number of carbonyl (C=O) groups is 4.